The maximum Gasteiger partial charge on any atom is 0.413 e. The number of ether oxygens (including phenoxy) is 2. The van der Waals surface area contributed by atoms with Crippen molar-refractivity contribution in [3.63, 3.8) is 0 Å². The van der Waals surface area contributed by atoms with Gasteiger partial charge in [-0.1, -0.05) is 32.0 Å². The first-order chi connectivity index (χ1) is 12.5. The highest BCUT2D eigenvalue weighted by atomic mass is 32.1. The molecule has 0 saturated carbocycles. The lowest BCUT2D eigenvalue weighted by molar-refractivity contribution is -0.120. The molecule has 2 N–H and O–H groups in total. The first-order valence-corrected chi connectivity index (χ1v) is 9.12. The number of benzene rings is 1. The molecule has 0 aliphatic heterocycles. The first-order valence-electron chi connectivity index (χ1n) is 8.24. The molecule has 1 heterocycles. The molecule has 0 aliphatic carbocycles. The van der Waals surface area contributed by atoms with Gasteiger partial charge < -0.3 is 14.8 Å². The minimum absolute atomic E-state index is 0.133. The number of carbonyl (C=O) groups is 2. The fourth-order valence-corrected chi connectivity index (χ4v) is 2.78. The number of carbonyl (C=O) groups excluding carboxylic acids is 2. The van der Waals surface area contributed by atoms with E-state index in [-0.39, 0.29) is 18.2 Å². The molecule has 0 aliphatic rings. The van der Waals surface area contributed by atoms with Crippen LogP contribution >= 0.6 is 11.3 Å². The zero-order valence-electron chi connectivity index (χ0n) is 15.1. The summed E-state index contributed by atoms with van der Waals surface area (Å²) in [5.74, 6) is 0.836. The topological polar surface area (TPSA) is 89.6 Å². The van der Waals surface area contributed by atoms with Gasteiger partial charge >= 0.3 is 6.09 Å². The lowest BCUT2D eigenvalue weighted by Crippen LogP contribution is -2.25. The number of hydrogen-bond acceptors (Lipinski definition) is 6. The van der Waals surface area contributed by atoms with E-state index in [2.05, 4.69) is 15.6 Å². The number of anilines is 1. The van der Waals surface area contributed by atoms with Crippen LogP contribution in [-0.4, -0.2) is 30.7 Å². The Morgan fingerprint density at radius 2 is 2.04 bits per heavy atom. The standard InChI is InChI=1S/C18H23N3O4S/c1-12(2)10-25-18(23)21-17-20-14(11-26-17)8-16(22)19-9-13-6-4-5-7-15(13)24-3/h4-7,11-12H,8-10H2,1-3H3,(H,19,22)(H,20,21,23). The molecule has 7 nitrogen and oxygen atoms in total. The van der Waals surface area contributed by atoms with Crippen LogP contribution in [0.25, 0.3) is 0 Å². The summed E-state index contributed by atoms with van der Waals surface area (Å²) in [5.41, 5.74) is 1.49. The van der Waals surface area contributed by atoms with Gasteiger partial charge in [-0.2, -0.15) is 0 Å². The Morgan fingerprint density at radius 3 is 2.77 bits per heavy atom. The molecular formula is C18H23N3O4S. The predicted octanol–water partition coefficient (Wildman–Crippen LogP) is 3.22. The Morgan fingerprint density at radius 1 is 1.27 bits per heavy atom. The van der Waals surface area contributed by atoms with Crippen LogP contribution in [0.5, 0.6) is 5.75 Å². The number of amides is 2. The predicted molar refractivity (Wildman–Crippen MR) is 100 cm³/mol. The maximum absolute atomic E-state index is 12.1. The lowest BCUT2D eigenvalue weighted by atomic mass is 10.2. The third kappa shape index (κ3) is 6.36. The molecule has 0 atom stereocenters. The number of rotatable bonds is 8. The number of nitrogens with one attached hydrogen (secondary N) is 2. The molecule has 2 amide bonds. The quantitative estimate of drug-likeness (QED) is 0.737. The molecular weight excluding hydrogens is 354 g/mol. The van der Waals surface area contributed by atoms with Crippen molar-refractivity contribution >= 4 is 28.5 Å². The molecule has 8 heteroatoms. The Hall–Kier alpha value is -2.61. The fraction of sp³-hybridized carbons (Fsp3) is 0.389. The van der Waals surface area contributed by atoms with Crippen molar-refractivity contribution in [3.8, 4) is 5.75 Å². The van der Waals surface area contributed by atoms with E-state index in [1.54, 1.807) is 12.5 Å². The van der Waals surface area contributed by atoms with Crippen molar-refractivity contribution in [1.29, 1.82) is 0 Å². The third-order valence-electron chi connectivity index (χ3n) is 3.32. The van der Waals surface area contributed by atoms with Crippen LogP contribution in [0, 0.1) is 5.92 Å². The molecule has 0 unspecified atom stereocenters. The average Bonchev–Trinajstić information content (AvgIpc) is 3.05. The van der Waals surface area contributed by atoms with E-state index in [1.165, 1.54) is 11.3 Å². The molecule has 0 saturated heterocycles. The summed E-state index contributed by atoms with van der Waals surface area (Å²) in [6, 6.07) is 7.51. The van der Waals surface area contributed by atoms with E-state index in [0.29, 0.717) is 24.0 Å². The zero-order valence-corrected chi connectivity index (χ0v) is 15.9. The summed E-state index contributed by atoms with van der Waals surface area (Å²) in [6.45, 7) is 4.63. The number of aromatic nitrogens is 1. The summed E-state index contributed by atoms with van der Waals surface area (Å²) in [6.07, 6.45) is -0.408. The van der Waals surface area contributed by atoms with E-state index in [4.69, 9.17) is 9.47 Å². The number of thiazole rings is 1. The summed E-state index contributed by atoms with van der Waals surface area (Å²) >= 11 is 1.25. The highest BCUT2D eigenvalue weighted by Gasteiger charge is 2.11. The van der Waals surface area contributed by atoms with Crippen molar-refractivity contribution in [2.24, 2.45) is 5.92 Å². The van der Waals surface area contributed by atoms with Crippen LogP contribution < -0.4 is 15.4 Å². The molecule has 1 aromatic heterocycles. The van der Waals surface area contributed by atoms with Crippen molar-refractivity contribution in [2.75, 3.05) is 19.0 Å². The van der Waals surface area contributed by atoms with Crippen molar-refractivity contribution in [2.45, 2.75) is 26.8 Å². The van der Waals surface area contributed by atoms with Crippen LogP contribution in [-0.2, 0) is 22.5 Å². The van der Waals surface area contributed by atoms with Gasteiger partial charge in [-0.05, 0) is 12.0 Å². The second kappa shape index (κ2) is 9.76. The van der Waals surface area contributed by atoms with Crippen molar-refractivity contribution in [3.05, 3.63) is 40.9 Å². The molecule has 2 rings (SSSR count). The minimum atomic E-state index is -0.541. The fourth-order valence-electron chi connectivity index (χ4n) is 2.08. The number of methoxy groups -OCH3 is 1. The zero-order chi connectivity index (χ0) is 18.9. The monoisotopic (exact) mass is 377 g/mol. The molecule has 140 valence electrons. The minimum Gasteiger partial charge on any atom is -0.496 e. The van der Waals surface area contributed by atoms with Gasteiger partial charge in [0.2, 0.25) is 5.91 Å². The molecule has 0 spiro atoms. The largest absolute Gasteiger partial charge is 0.496 e. The summed E-state index contributed by atoms with van der Waals surface area (Å²) < 4.78 is 10.3. The smallest absolute Gasteiger partial charge is 0.413 e. The van der Waals surface area contributed by atoms with Crippen molar-refractivity contribution in [1.82, 2.24) is 10.3 Å². The van der Waals surface area contributed by atoms with Gasteiger partial charge in [0.05, 0.1) is 25.8 Å². The Bertz CT molecular complexity index is 746. The Balaban J connectivity index is 1.80. The number of hydrogen-bond donors (Lipinski definition) is 2. The van der Waals surface area contributed by atoms with Crippen LogP contribution in [0.15, 0.2) is 29.6 Å². The highest BCUT2D eigenvalue weighted by molar-refractivity contribution is 7.13. The van der Waals surface area contributed by atoms with Crippen LogP contribution in [0.4, 0.5) is 9.93 Å². The number of nitrogens with zero attached hydrogens (tertiary/aromatic N) is 1. The summed E-state index contributed by atoms with van der Waals surface area (Å²) in [7, 11) is 1.59. The summed E-state index contributed by atoms with van der Waals surface area (Å²) in [4.78, 5) is 27.9. The van der Waals surface area contributed by atoms with Crippen LogP contribution in [0.3, 0.4) is 0 Å². The van der Waals surface area contributed by atoms with E-state index in [1.807, 2.05) is 38.1 Å². The van der Waals surface area contributed by atoms with Crippen molar-refractivity contribution < 1.29 is 19.1 Å². The SMILES string of the molecule is COc1ccccc1CNC(=O)Cc1csc(NC(=O)OCC(C)C)n1. The molecule has 0 fully saturated rings. The Kier molecular flexibility index (Phi) is 7.40. The number of para-hydroxylation sites is 1. The molecule has 26 heavy (non-hydrogen) atoms. The maximum atomic E-state index is 12.1. The van der Waals surface area contributed by atoms with Crippen LogP contribution in [0.1, 0.15) is 25.1 Å². The van der Waals surface area contributed by atoms with Gasteiger partial charge in [0.25, 0.3) is 0 Å². The van der Waals surface area contributed by atoms with E-state index >= 15 is 0 Å². The van der Waals surface area contributed by atoms with Gasteiger partial charge in [-0.3, -0.25) is 10.1 Å². The second-order valence-corrected chi connectivity index (χ2v) is 6.88. The van der Waals surface area contributed by atoms with Crippen LogP contribution in [0.2, 0.25) is 0 Å². The highest BCUT2D eigenvalue weighted by Crippen LogP contribution is 2.18. The third-order valence-corrected chi connectivity index (χ3v) is 4.13. The molecule has 0 radical (unpaired) electrons. The Labute approximate surface area is 156 Å². The van der Waals surface area contributed by atoms with Gasteiger partial charge in [-0.15, -0.1) is 11.3 Å². The van der Waals surface area contributed by atoms with E-state index in [9.17, 15) is 9.59 Å². The summed E-state index contributed by atoms with van der Waals surface area (Å²) in [5, 5.41) is 7.55. The molecule has 1 aromatic carbocycles. The van der Waals surface area contributed by atoms with Gasteiger partial charge in [0.15, 0.2) is 5.13 Å². The molecule has 0 bridgehead atoms. The van der Waals surface area contributed by atoms with Gasteiger partial charge in [-0.25, -0.2) is 9.78 Å². The average molecular weight is 377 g/mol. The normalized spacial score (nSPS) is 10.5. The van der Waals surface area contributed by atoms with Gasteiger partial charge in [0, 0.05) is 17.5 Å². The van der Waals surface area contributed by atoms with E-state index in [0.717, 1.165) is 11.3 Å². The second-order valence-electron chi connectivity index (χ2n) is 6.03. The lowest BCUT2D eigenvalue weighted by Gasteiger charge is -2.09. The molecule has 2 aromatic rings. The van der Waals surface area contributed by atoms with Gasteiger partial charge in [0.1, 0.15) is 5.75 Å². The van der Waals surface area contributed by atoms with E-state index < -0.39 is 6.09 Å². The first kappa shape index (κ1) is 19.7.